The molecule has 0 bridgehead atoms. The number of hydrogen-bond donors (Lipinski definition) is 5. The zero-order valence-electron chi connectivity index (χ0n) is 15.4. The summed E-state index contributed by atoms with van der Waals surface area (Å²) in [6, 6.07) is 2.70. The predicted molar refractivity (Wildman–Crippen MR) is 98.5 cm³/mol. The van der Waals surface area contributed by atoms with Gasteiger partial charge in [0.05, 0.1) is 11.1 Å². The van der Waals surface area contributed by atoms with Gasteiger partial charge in [0.2, 0.25) is 5.78 Å². The van der Waals surface area contributed by atoms with Gasteiger partial charge in [-0.25, -0.2) is 4.79 Å². The lowest BCUT2D eigenvalue weighted by Gasteiger charge is -2.21. The van der Waals surface area contributed by atoms with Gasteiger partial charge in [0.1, 0.15) is 23.3 Å². The molecule has 9 nitrogen and oxygen atoms in total. The molecule has 2 aromatic rings. The van der Waals surface area contributed by atoms with Crippen LogP contribution in [0.4, 0.5) is 0 Å². The topological polar surface area (TPSA) is 161 Å². The van der Waals surface area contributed by atoms with E-state index >= 15 is 0 Å². The zero-order chi connectivity index (χ0) is 21.6. The molecule has 1 atom stereocenters. The first kappa shape index (κ1) is 19.9. The first-order valence-corrected chi connectivity index (χ1v) is 8.59. The highest BCUT2D eigenvalue weighted by Crippen LogP contribution is 2.39. The molecular weight excluding hydrogens is 382 g/mol. The second-order valence-electron chi connectivity index (χ2n) is 7.00. The fourth-order valence-electron chi connectivity index (χ4n) is 3.21. The highest BCUT2D eigenvalue weighted by molar-refractivity contribution is 6.30. The molecule has 0 saturated carbocycles. The largest absolute Gasteiger partial charge is 0.508 e. The van der Waals surface area contributed by atoms with Crippen molar-refractivity contribution in [2.45, 2.75) is 19.9 Å². The summed E-state index contributed by atoms with van der Waals surface area (Å²) in [5.74, 6) is -5.89. The number of rotatable bonds is 4. The van der Waals surface area contributed by atoms with Crippen LogP contribution in [0.5, 0.6) is 17.2 Å². The first-order valence-electron chi connectivity index (χ1n) is 8.59. The van der Waals surface area contributed by atoms with Crippen LogP contribution in [0.25, 0.3) is 0 Å². The molecule has 9 heteroatoms. The van der Waals surface area contributed by atoms with Gasteiger partial charge in [-0.1, -0.05) is 13.8 Å². The van der Waals surface area contributed by atoms with Crippen LogP contribution >= 0.6 is 0 Å². The molecular formula is C20H17NO8. The second kappa shape index (κ2) is 6.93. The summed E-state index contributed by atoms with van der Waals surface area (Å²) in [7, 11) is 0. The van der Waals surface area contributed by atoms with Gasteiger partial charge >= 0.3 is 5.97 Å². The Labute approximate surface area is 164 Å². The normalized spacial score (nSPS) is 13.6. The maximum absolute atomic E-state index is 12.8. The van der Waals surface area contributed by atoms with Crippen LogP contribution < -0.4 is 5.32 Å². The number of aromatic hydroxyl groups is 3. The van der Waals surface area contributed by atoms with E-state index in [2.05, 4.69) is 5.32 Å². The number of carbonyl (C=O) groups excluding carboxylic acids is 3. The van der Waals surface area contributed by atoms with Gasteiger partial charge < -0.3 is 25.7 Å². The number of ketones is 2. The molecule has 1 amide bonds. The lowest BCUT2D eigenvalue weighted by atomic mass is 9.82. The van der Waals surface area contributed by atoms with E-state index in [1.54, 1.807) is 13.8 Å². The maximum atomic E-state index is 12.8. The average Bonchev–Trinajstić information content (AvgIpc) is 2.62. The van der Waals surface area contributed by atoms with Crippen LogP contribution in [0.1, 0.15) is 56.0 Å². The minimum absolute atomic E-state index is 0.220. The lowest BCUT2D eigenvalue weighted by molar-refractivity contribution is -0.140. The van der Waals surface area contributed by atoms with E-state index in [-0.39, 0.29) is 22.3 Å². The van der Waals surface area contributed by atoms with Crippen molar-refractivity contribution in [2.24, 2.45) is 5.92 Å². The van der Waals surface area contributed by atoms with Crippen molar-refractivity contribution in [3.63, 3.8) is 0 Å². The van der Waals surface area contributed by atoms with Gasteiger partial charge in [-0.15, -0.1) is 0 Å². The van der Waals surface area contributed by atoms with Crippen LogP contribution in [-0.2, 0) is 4.79 Å². The molecule has 0 aliphatic heterocycles. The number of phenolic OH excluding ortho intramolecular Hbond substituents is 3. The van der Waals surface area contributed by atoms with Gasteiger partial charge in [-0.3, -0.25) is 14.4 Å². The summed E-state index contributed by atoms with van der Waals surface area (Å²) in [5.41, 5.74) is -1.55. The number of fused-ring (bicyclic) bond motifs is 2. The van der Waals surface area contributed by atoms with Gasteiger partial charge in [-0.05, 0) is 24.1 Å². The van der Waals surface area contributed by atoms with Crippen molar-refractivity contribution in [3.05, 3.63) is 52.1 Å². The molecule has 0 spiro atoms. The molecule has 0 aromatic heterocycles. The van der Waals surface area contributed by atoms with Crippen LogP contribution in [0.15, 0.2) is 24.3 Å². The van der Waals surface area contributed by atoms with Crippen LogP contribution in [0, 0.1) is 5.92 Å². The first-order chi connectivity index (χ1) is 13.5. The minimum atomic E-state index is -1.25. The number of benzene rings is 2. The number of nitrogens with one attached hydrogen (secondary N) is 1. The van der Waals surface area contributed by atoms with E-state index < -0.39 is 58.2 Å². The summed E-state index contributed by atoms with van der Waals surface area (Å²) in [4.78, 5) is 49.3. The summed E-state index contributed by atoms with van der Waals surface area (Å²) >= 11 is 0. The van der Waals surface area contributed by atoms with Crippen molar-refractivity contribution in [1.82, 2.24) is 5.32 Å². The van der Waals surface area contributed by atoms with E-state index in [9.17, 15) is 39.6 Å². The van der Waals surface area contributed by atoms with Crippen LogP contribution in [0.3, 0.4) is 0 Å². The zero-order valence-corrected chi connectivity index (χ0v) is 15.4. The maximum Gasteiger partial charge on any atom is 0.326 e. The SMILES string of the molecule is CC(C)[C@H](NC(=O)c1cc(O)c2c(c1)C(=O)c1cc(O)cc(O)c1C2=O)C(=O)O. The summed E-state index contributed by atoms with van der Waals surface area (Å²) < 4.78 is 0. The number of carboxylic acids is 1. The number of amides is 1. The van der Waals surface area contributed by atoms with Crippen molar-refractivity contribution in [1.29, 1.82) is 0 Å². The molecule has 2 aromatic carbocycles. The van der Waals surface area contributed by atoms with Crippen LogP contribution in [-0.4, -0.2) is 49.9 Å². The third kappa shape index (κ3) is 3.27. The second-order valence-corrected chi connectivity index (χ2v) is 7.00. The predicted octanol–water partition coefficient (Wildman–Crippen LogP) is 1.42. The molecule has 0 fully saturated rings. The van der Waals surface area contributed by atoms with Gasteiger partial charge in [0.25, 0.3) is 5.91 Å². The number of aliphatic carboxylic acids is 1. The fourth-order valence-corrected chi connectivity index (χ4v) is 3.21. The van der Waals surface area contributed by atoms with Gasteiger partial charge in [-0.2, -0.15) is 0 Å². The van der Waals surface area contributed by atoms with Gasteiger partial charge in [0.15, 0.2) is 5.78 Å². The van der Waals surface area contributed by atoms with E-state index in [1.807, 2.05) is 0 Å². The van der Waals surface area contributed by atoms with Crippen molar-refractivity contribution in [3.8, 4) is 17.2 Å². The smallest absolute Gasteiger partial charge is 0.326 e. The Bertz CT molecular complexity index is 1090. The lowest BCUT2D eigenvalue weighted by Crippen LogP contribution is -2.44. The fraction of sp³-hybridized carbons (Fsp3) is 0.200. The average molecular weight is 399 g/mol. The highest BCUT2D eigenvalue weighted by atomic mass is 16.4. The summed E-state index contributed by atoms with van der Waals surface area (Å²) in [5, 5.41) is 41.4. The Balaban J connectivity index is 2.09. The molecule has 1 aliphatic rings. The molecule has 0 heterocycles. The standard InChI is InChI=1S/C20H17NO8/c1-7(2)16(20(28)29)21-19(27)8-3-10-14(12(23)4-8)18(26)15-11(17(10)25)5-9(22)6-13(15)24/h3-7,16,22-24H,1-2H3,(H,21,27)(H,28,29)/t16-/m0/s1. The number of carbonyl (C=O) groups is 4. The summed E-state index contributed by atoms with van der Waals surface area (Å²) in [6.45, 7) is 3.20. The van der Waals surface area contributed by atoms with Gasteiger partial charge in [0, 0.05) is 22.8 Å². The monoisotopic (exact) mass is 399 g/mol. The minimum Gasteiger partial charge on any atom is -0.508 e. The Morgan fingerprint density at radius 2 is 1.41 bits per heavy atom. The number of carboxylic acid groups (broad SMARTS) is 1. The Kier molecular flexibility index (Phi) is 4.75. The molecule has 5 N–H and O–H groups in total. The van der Waals surface area contributed by atoms with Crippen LogP contribution in [0.2, 0.25) is 0 Å². The molecule has 0 radical (unpaired) electrons. The van der Waals surface area contributed by atoms with E-state index in [4.69, 9.17) is 0 Å². The summed E-state index contributed by atoms with van der Waals surface area (Å²) in [6.07, 6.45) is 0. The third-order valence-corrected chi connectivity index (χ3v) is 4.64. The third-order valence-electron chi connectivity index (χ3n) is 4.64. The molecule has 29 heavy (non-hydrogen) atoms. The van der Waals surface area contributed by atoms with E-state index in [0.717, 1.165) is 24.3 Å². The van der Waals surface area contributed by atoms with Crippen molar-refractivity contribution < 1.29 is 39.6 Å². The number of hydrogen-bond acceptors (Lipinski definition) is 7. The molecule has 1 aliphatic carbocycles. The van der Waals surface area contributed by atoms with Crippen molar-refractivity contribution >= 4 is 23.4 Å². The quantitative estimate of drug-likeness (QED) is 0.440. The molecule has 3 rings (SSSR count). The van der Waals surface area contributed by atoms with Crippen molar-refractivity contribution in [2.75, 3.05) is 0 Å². The Morgan fingerprint density at radius 3 is 1.97 bits per heavy atom. The molecule has 150 valence electrons. The Hall–Kier alpha value is -3.88. The van der Waals surface area contributed by atoms with E-state index in [1.165, 1.54) is 0 Å². The number of phenols is 3. The van der Waals surface area contributed by atoms with E-state index in [0.29, 0.717) is 0 Å². The highest BCUT2D eigenvalue weighted by Gasteiger charge is 2.36. The molecule has 0 saturated heterocycles. The molecule has 0 unspecified atom stereocenters. The Morgan fingerprint density at radius 1 is 0.862 bits per heavy atom.